The van der Waals surface area contributed by atoms with E-state index in [-0.39, 0.29) is 5.97 Å². The Morgan fingerprint density at radius 1 is 1.11 bits per heavy atom. The summed E-state index contributed by atoms with van der Waals surface area (Å²) in [5, 5.41) is 1.89. The van der Waals surface area contributed by atoms with Crippen LogP contribution >= 0.6 is 11.3 Å². The van der Waals surface area contributed by atoms with E-state index < -0.39 is 15.6 Å². The molecule has 5 nitrogen and oxygen atoms in total. The number of carbonyl (C=O) groups is 1. The lowest BCUT2D eigenvalue weighted by Gasteiger charge is -2.26. The van der Waals surface area contributed by atoms with E-state index in [1.54, 1.807) is 6.07 Å². The smallest absolute Gasteiger partial charge is 0.348 e. The number of ether oxygens (including phenoxy) is 1. The molecular weight excluding hydrogens is 394 g/mol. The zero-order valence-corrected chi connectivity index (χ0v) is 18.4. The van der Waals surface area contributed by atoms with Crippen molar-refractivity contribution < 1.29 is 17.9 Å². The van der Waals surface area contributed by atoms with Gasteiger partial charge in [-0.3, -0.25) is 0 Å². The molecule has 0 saturated carbocycles. The van der Waals surface area contributed by atoms with E-state index in [0.717, 1.165) is 47.9 Å². The number of nitrogens with one attached hydrogen (secondary N) is 1. The highest BCUT2D eigenvalue weighted by molar-refractivity contribution is 7.89. The van der Waals surface area contributed by atoms with E-state index in [0.29, 0.717) is 16.2 Å². The third kappa shape index (κ3) is 4.47. The SMILES string of the molecule is COC(=O)c1sccc1Cc1ccc(S(=O)(=O)NC(C)(C)C)c2c1CCCC2. The lowest BCUT2D eigenvalue weighted by atomic mass is 9.86. The van der Waals surface area contributed by atoms with Crippen molar-refractivity contribution in [1.29, 1.82) is 0 Å². The van der Waals surface area contributed by atoms with Gasteiger partial charge in [-0.25, -0.2) is 17.9 Å². The van der Waals surface area contributed by atoms with Crippen LogP contribution in [-0.2, 0) is 34.0 Å². The first-order valence-corrected chi connectivity index (χ1v) is 11.8. The van der Waals surface area contributed by atoms with Crippen LogP contribution in [0.4, 0.5) is 0 Å². The Balaban J connectivity index is 2.02. The normalized spacial score (nSPS) is 14.6. The molecule has 2 aromatic rings. The largest absolute Gasteiger partial charge is 0.465 e. The highest BCUT2D eigenvalue weighted by atomic mass is 32.2. The average molecular weight is 422 g/mol. The van der Waals surface area contributed by atoms with E-state index >= 15 is 0 Å². The van der Waals surface area contributed by atoms with E-state index in [4.69, 9.17) is 4.74 Å². The van der Waals surface area contributed by atoms with E-state index in [9.17, 15) is 13.2 Å². The fourth-order valence-corrected chi connectivity index (χ4v) is 6.29. The minimum absolute atomic E-state index is 0.326. The summed E-state index contributed by atoms with van der Waals surface area (Å²) in [6.45, 7) is 5.53. The number of esters is 1. The molecule has 0 radical (unpaired) electrons. The van der Waals surface area contributed by atoms with Gasteiger partial charge < -0.3 is 4.74 Å². The fourth-order valence-electron chi connectivity index (χ4n) is 3.74. The van der Waals surface area contributed by atoms with E-state index in [1.165, 1.54) is 18.4 Å². The first-order valence-electron chi connectivity index (χ1n) is 9.44. The van der Waals surface area contributed by atoms with Crippen LogP contribution in [0.5, 0.6) is 0 Å². The van der Waals surface area contributed by atoms with Crippen molar-refractivity contribution in [2.24, 2.45) is 0 Å². The molecule has 7 heteroatoms. The van der Waals surface area contributed by atoms with Gasteiger partial charge in [0.2, 0.25) is 10.0 Å². The Morgan fingerprint density at radius 2 is 1.79 bits per heavy atom. The van der Waals surface area contributed by atoms with Gasteiger partial charge in [0.1, 0.15) is 4.88 Å². The van der Waals surface area contributed by atoms with Crippen LogP contribution in [0.1, 0.15) is 65.5 Å². The lowest BCUT2D eigenvalue weighted by molar-refractivity contribution is 0.0605. The zero-order chi connectivity index (χ0) is 20.5. The first-order chi connectivity index (χ1) is 13.1. The van der Waals surface area contributed by atoms with Crippen LogP contribution in [0.2, 0.25) is 0 Å². The predicted molar refractivity (Wildman–Crippen MR) is 112 cm³/mol. The summed E-state index contributed by atoms with van der Waals surface area (Å²) in [6, 6.07) is 5.57. The number of sulfonamides is 1. The Morgan fingerprint density at radius 3 is 2.43 bits per heavy atom. The van der Waals surface area contributed by atoms with Gasteiger partial charge in [-0.1, -0.05) is 6.07 Å². The van der Waals surface area contributed by atoms with Gasteiger partial charge >= 0.3 is 5.97 Å². The van der Waals surface area contributed by atoms with Gasteiger partial charge in [0, 0.05) is 5.54 Å². The van der Waals surface area contributed by atoms with Crippen LogP contribution in [0.25, 0.3) is 0 Å². The topological polar surface area (TPSA) is 72.5 Å². The van der Waals surface area contributed by atoms with Crippen LogP contribution in [0.15, 0.2) is 28.5 Å². The molecule has 0 aliphatic heterocycles. The van der Waals surface area contributed by atoms with E-state index in [1.807, 2.05) is 38.3 Å². The van der Waals surface area contributed by atoms with Gasteiger partial charge in [-0.15, -0.1) is 11.3 Å². The van der Waals surface area contributed by atoms with Gasteiger partial charge in [0.05, 0.1) is 12.0 Å². The number of methoxy groups -OCH3 is 1. The van der Waals surface area contributed by atoms with Crippen molar-refractivity contribution in [3.63, 3.8) is 0 Å². The number of thiophene rings is 1. The molecule has 0 amide bonds. The van der Waals surface area contributed by atoms with Crippen LogP contribution in [0.3, 0.4) is 0 Å². The second kappa shape index (κ2) is 7.97. The Labute approximate surface area is 171 Å². The van der Waals surface area contributed by atoms with Crippen molar-refractivity contribution in [3.05, 3.63) is 50.7 Å². The predicted octanol–water partition coefficient (Wildman–Crippen LogP) is 4.08. The monoisotopic (exact) mass is 421 g/mol. The lowest BCUT2D eigenvalue weighted by Crippen LogP contribution is -2.41. The summed E-state index contributed by atoms with van der Waals surface area (Å²) in [5.41, 5.74) is 3.52. The maximum absolute atomic E-state index is 13.0. The first kappa shape index (κ1) is 21.0. The molecule has 1 heterocycles. The molecule has 0 bridgehead atoms. The number of hydrogen-bond acceptors (Lipinski definition) is 5. The van der Waals surface area contributed by atoms with Crippen LogP contribution < -0.4 is 4.72 Å². The number of benzene rings is 1. The van der Waals surface area contributed by atoms with Gasteiger partial charge in [0.25, 0.3) is 0 Å². The number of hydrogen-bond donors (Lipinski definition) is 1. The molecule has 0 unspecified atom stereocenters. The van der Waals surface area contributed by atoms with E-state index in [2.05, 4.69) is 4.72 Å². The molecule has 1 N–H and O–H groups in total. The van der Waals surface area contributed by atoms with Crippen molar-refractivity contribution in [1.82, 2.24) is 4.72 Å². The molecular formula is C21H27NO4S2. The van der Waals surface area contributed by atoms with Crippen molar-refractivity contribution in [2.75, 3.05) is 7.11 Å². The summed E-state index contributed by atoms with van der Waals surface area (Å²) >= 11 is 1.37. The number of fused-ring (bicyclic) bond motifs is 1. The minimum atomic E-state index is -3.59. The third-order valence-electron chi connectivity index (χ3n) is 4.82. The number of carbonyl (C=O) groups excluding carboxylic acids is 1. The van der Waals surface area contributed by atoms with Gasteiger partial charge in [-0.05, 0) is 92.6 Å². The maximum atomic E-state index is 13.0. The minimum Gasteiger partial charge on any atom is -0.465 e. The van der Waals surface area contributed by atoms with Gasteiger partial charge in [0.15, 0.2) is 0 Å². The summed E-state index contributed by atoms with van der Waals surface area (Å²) in [4.78, 5) is 13.0. The Hall–Kier alpha value is -1.70. The molecule has 28 heavy (non-hydrogen) atoms. The highest BCUT2D eigenvalue weighted by Gasteiger charge is 2.28. The summed E-state index contributed by atoms with van der Waals surface area (Å²) < 4.78 is 33.6. The second-order valence-electron chi connectivity index (χ2n) is 8.19. The van der Waals surface area contributed by atoms with Crippen molar-refractivity contribution in [3.8, 4) is 0 Å². The number of rotatable bonds is 5. The standard InChI is InChI=1S/C21H27NO4S2/c1-21(2,3)22-28(24,25)18-10-9-14(16-7-5-6-8-17(16)18)13-15-11-12-27-19(15)20(23)26-4/h9-12,22H,5-8,13H2,1-4H3. The summed E-state index contributed by atoms with van der Waals surface area (Å²) in [6.07, 6.45) is 4.26. The Kier molecular flexibility index (Phi) is 5.98. The average Bonchev–Trinajstić information content (AvgIpc) is 3.07. The molecule has 3 rings (SSSR count). The second-order valence-corrected chi connectivity index (χ2v) is 10.8. The maximum Gasteiger partial charge on any atom is 0.348 e. The van der Waals surface area contributed by atoms with Crippen molar-refractivity contribution >= 4 is 27.3 Å². The zero-order valence-electron chi connectivity index (χ0n) is 16.8. The molecule has 0 spiro atoms. The van der Waals surface area contributed by atoms with Crippen molar-refractivity contribution in [2.45, 2.75) is 63.3 Å². The quantitative estimate of drug-likeness (QED) is 0.739. The fraction of sp³-hybridized carbons (Fsp3) is 0.476. The third-order valence-corrected chi connectivity index (χ3v) is 7.60. The molecule has 1 aromatic heterocycles. The molecule has 0 atom stereocenters. The molecule has 0 saturated heterocycles. The summed E-state index contributed by atoms with van der Waals surface area (Å²) in [7, 11) is -2.20. The molecule has 1 aliphatic carbocycles. The molecule has 152 valence electrons. The molecule has 1 aromatic carbocycles. The van der Waals surface area contributed by atoms with Gasteiger partial charge in [-0.2, -0.15) is 0 Å². The van der Waals surface area contributed by atoms with Crippen LogP contribution in [0, 0.1) is 0 Å². The highest BCUT2D eigenvalue weighted by Crippen LogP contribution is 2.33. The molecule has 1 aliphatic rings. The van der Waals surface area contributed by atoms with Crippen LogP contribution in [-0.4, -0.2) is 27.0 Å². The molecule has 0 fully saturated rings. The Bertz CT molecular complexity index is 984. The summed E-state index contributed by atoms with van der Waals surface area (Å²) in [5.74, 6) is -0.326.